The second-order valence-corrected chi connectivity index (χ2v) is 5.44. The fourth-order valence-corrected chi connectivity index (χ4v) is 2.66. The van der Waals surface area contributed by atoms with Crippen molar-refractivity contribution in [2.24, 2.45) is 0 Å². The largest absolute Gasteiger partial charge is 0.493 e. The second kappa shape index (κ2) is 6.67. The van der Waals surface area contributed by atoms with Gasteiger partial charge in [-0.1, -0.05) is 36.4 Å². The van der Waals surface area contributed by atoms with E-state index in [4.69, 9.17) is 9.15 Å². The van der Waals surface area contributed by atoms with E-state index in [-0.39, 0.29) is 0 Å². The lowest BCUT2D eigenvalue weighted by atomic mass is 10.1. The first-order chi connectivity index (χ1) is 10.8. The van der Waals surface area contributed by atoms with E-state index in [1.54, 1.807) is 7.11 Å². The van der Waals surface area contributed by atoms with E-state index in [1.165, 1.54) is 11.1 Å². The standard InChI is InChI=1S/C19H21NO2/c1-14-6-3-4-7-15(14)10-11-20-13-17-12-16-8-5-9-18(21-2)19(16)22-17/h3-9,12,20H,10-11,13H2,1-2H3. The molecule has 3 rings (SSSR count). The van der Waals surface area contributed by atoms with Crippen LogP contribution in [0.5, 0.6) is 5.75 Å². The van der Waals surface area contributed by atoms with Crippen molar-refractivity contribution in [1.29, 1.82) is 0 Å². The highest BCUT2D eigenvalue weighted by Crippen LogP contribution is 2.28. The van der Waals surface area contributed by atoms with Crippen LogP contribution >= 0.6 is 0 Å². The Morgan fingerprint density at radius 3 is 2.77 bits per heavy atom. The lowest BCUT2D eigenvalue weighted by Crippen LogP contribution is -2.16. The molecule has 0 saturated carbocycles. The maximum atomic E-state index is 5.88. The van der Waals surface area contributed by atoms with Crippen molar-refractivity contribution < 1.29 is 9.15 Å². The minimum atomic E-state index is 0.726. The Hall–Kier alpha value is -2.26. The van der Waals surface area contributed by atoms with Crippen molar-refractivity contribution in [2.75, 3.05) is 13.7 Å². The van der Waals surface area contributed by atoms with Crippen LogP contribution in [0.4, 0.5) is 0 Å². The number of ether oxygens (including phenoxy) is 1. The molecule has 114 valence electrons. The molecule has 0 amide bonds. The van der Waals surface area contributed by atoms with Crippen molar-refractivity contribution in [3.63, 3.8) is 0 Å². The number of fused-ring (bicyclic) bond motifs is 1. The van der Waals surface area contributed by atoms with E-state index in [1.807, 2.05) is 18.2 Å². The summed E-state index contributed by atoms with van der Waals surface area (Å²) in [4.78, 5) is 0. The topological polar surface area (TPSA) is 34.4 Å². The Kier molecular flexibility index (Phi) is 4.45. The maximum Gasteiger partial charge on any atom is 0.176 e. The van der Waals surface area contributed by atoms with Gasteiger partial charge in [-0.15, -0.1) is 0 Å². The van der Waals surface area contributed by atoms with Crippen LogP contribution < -0.4 is 10.1 Å². The molecule has 0 bridgehead atoms. The van der Waals surface area contributed by atoms with Crippen LogP contribution in [-0.4, -0.2) is 13.7 Å². The summed E-state index contributed by atoms with van der Waals surface area (Å²) in [6.45, 7) is 3.81. The van der Waals surface area contributed by atoms with Crippen LogP contribution in [0.15, 0.2) is 52.9 Å². The summed E-state index contributed by atoms with van der Waals surface area (Å²) in [5.74, 6) is 1.72. The quantitative estimate of drug-likeness (QED) is 0.696. The monoisotopic (exact) mass is 295 g/mol. The van der Waals surface area contributed by atoms with Gasteiger partial charge in [-0.05, 0) is 43.1 Å². The summed E-state index contributed by atoms with van der Waals surface area (Å²) in [7, 11) is 1.66. The average Bonchev–Trinajstić information content (AvgIpc) is 2.96. The van der Waals surface area contributed by atoms with Crippen molar-refractivity contribution in [3.8, 4) is 5.75 Å². The number of nitrogens with one attached hydrogen (secondary N) is 1. The maximum absolute atomic E-state index is 5.88. The van der Waals surface area contributed by atoms with Gasteiger partial charge in [-0.25, -0.2) is 0 Å². The smallest absolute Gasteiger partial charge is 0.176 e. The second-order valence-electron chi connectivity index (χ2n) is 5.44. The molecule has 0 spiro atoms. The van der Waals surface area contributed by atoms with Crippen LogP contribution in [0.25, 0.3) is 11.0 Å². The Morgan fingerprint density at radius 1 is 1.09 bits per heavy atom. The van der Waals surface area contributed by atoms with Crippen LogP contribution in [-0.2, 0) is 13.0 Å². The Balaban J connectivity index is 1.59. The van der Waals surface area contributed by atoms with Crippen molar-refractivity contribution in [3.05, 3.63) is 65.4 Å². The van der Waals surface area contributed by atoms with Crippen molar-refractivity contribution in [1.82, 2.24) is 5.32 Å². The summed E-state index contributed by atoms with van der Waals surface area (Å²) in [6.07, 6.45) is 1.02. The molecule has 1 heterocycles. The van der Waals surface area contributed by atoms with Crippen molar-refractivity contribution in [2.45, 2.75) is 19.9 Å². The molecule has 0 radical (unpaired) electrons. The fraction of sp³-hybridized carbons (Fsp3) is 0.263. The van der Waals surface area contributed by atoms with Crippen LogP contribution in [0.3, 0.4) is 0 Å². The van der Waals surface area contributed by atoms with Crippen LogP contribution in [0.2, 0.25) is 0 Å². The van der Waals surface area contributed by atoms with Gasteiger partial charge in [0, 0.05) is 5.39 Å². The molecule has 0 fully saturated rings. The van der Waals surface area contributed by atoms with E-state index >= 15 is 0 Å². The van der Waals surface area contributed by atoms with E-state index in [0.717, 1.165) is 42.0 Å². The molecule has 1 N–H and O–H groups in total. The van der Waals surface area contributed by atoms with Crippen molar-refractivity contribution >= 4 is 11.0 Å². The minimum Gasteiger partial charge on any atom is -0.493 e. The minimum absolute atomic E-state index is 0.726. The summed E-state index contributed by atoms with van der Waals surface area (Å²) in [6, 6.07) is 16.5. The normalized spacial score (nSPS) is 11.0. The predicted octanol–water partition coefficient (Wildman–Crippen LogP) is 4.08. The molecule has 3 nitrogen and oxygen atoms in total. The Bertz CT molecular complexity index is 761. The van der Waals surface area contributed by atoms with Gasteiger partial charge in [0.05, 0.1) is 13.7 Å². The number of aryl methyl sites for hydroxylation is 1. The number of rotatable bonds is 6. The summed E-state index contributed by atoms with van der Waals surface area (Å²) >= 11 is 0. The Morgan fingerprint density at radius 2 is 1.95 bits per heavy atom. The van der Waals surface area contributed by atoms with Crippen LogP contribution in [0, 0.1) is 6.92 Å². The molecule has 0 aliphatic rings. The number of para-hydroxylation sites is 1. The lowest BCUT2D eigenvalue weighted by molar-refractivity contribution is 0.406. The molecule has 2 aromatic carbocycles. The first-order valence-electron chi connectivity index (χ1n) is 7.58. The molecule has 3 aromatic rings. The Labute approximate surface area is 130 Å². The van der Waals surface area contributed by atoms with Gasteiger partial charge in [-0.3, -0.25) is 0 Å². The van der Waals surface area contributed by atoms with Gasteiger partial charge < -0.3 is 14.5 Å². The fourth-order valence-electron chi connectivity index (χ4n) is 2.66. The highest BCUT2D eigenvalue weighted by molar-refractivity contribution is 5.83. The number of hydrogen-bond donors (Lipinski definition) is 1. The SMILES string of the molecule is COc1cccc2cc(CNCCc3ccccc3C)oc12. The predicted molar refractivity (Wildman–Crippen MR) is 89.4 cm³/mol. The molecule has 3 heteroatoms. The zero-order valence-corrected chi connectivity index (χ0v) is 13.1. The summed E-state index contributed by atoms with van der Waals surface area (Å²) < 4.78 is 11.2. The molecular weight excluding hydrogens is 274 g/mol. The molecule has 1 aromatic heterocycles. The van der Waals surface area contributed by atoms with Gasteiger partial charge >= 0.3 is 0 Å². The highest BCUT2D eigenvalue weighted by atomic mass is 16.5. The van der Waals surface area contributed by atoms with Gasteiger partial charge in [0.1, 0.15) is 5.76 Å². The molecule has 0 aliphatic heterocycles. The lowest BCUT2D eigenvalue weighted by Gasteiger charge is -2.06. The third-order valence-electron chi connectivity index (χ3n) is 3.91. The molecule has 0 saturated heterocycles. The molecular formula is C19H21NO2. The molecule has 0 unspecified atom stereocenters. The first kappa shape index (κ1) is 14.7. The van der Waals surface area contributed by atoms with Gasteiger partial charge in [-0.2, -0.15) is 0 Å². The zero-order valence-electron chi connectivity index (χ0n) is 13.1. The van der Waals surface area contributed by atoms with E-state index in [2.05, 4.69) is 42.6 Å². The number of methoxy groups -OCH3 is 1. The van der Waals surface area contributed by atoms with E-state index in [0.29, 0.717) is 0 Å². The van der Waals surface area contributed by atoms with Gasteiger partial charge in [0.25, 0.3) is 0 Å². The average molecular weight is 295 g/mol. The zero-order chi connectivity index (χ0) is 15.4. The summed E-state index contributed by atoms with van der Waals surface area (Å²) in [5, 5.41) is 4.52. The van der Waals surface area contributed by atoms with Gasteiger partial charge in [0.2, 0.25) is 0 Å². The third kappa shape index (κ3) is 3.15. The number of benzene rings is 2. The van der Waals surface area contributed by atoms with E-state index in [9.17, 15) is 0 Å². The third-order valence-corrected chi connectivity index (χ3v) is 3.91. The molecule has 0 atom stereocenters. The van der Waals surface area contributed by atoms with Crippen LogP contribution in [0.1, 0.15) is 16.9 Å². The van der Waals surface area contributed by atoms with Gasteiger partial charge in [0.15, 0.2) is 11.3 Å². The summed E-state index contributed by atoms with van der Waals surface area (Å²) in [5.41, 5.74) is 3.56. The number of furan rings is 1. The number of hydrogen-bond acceptors (Lipinski definition) is 3. The highest BCUT2D eigenvalue weighted by Gasteiger charge is 2.08. The molecule has 0 aliphatic carbocycles. The van der Waals surface area contributed by atoms with E-state index < -0.39 is 0 Å². The first-order valence-corrected chi connectivity index (χ1v) is 7.58. The molecule has 22 heavy (non-hydrogen) atoms.